The van der Waals surface area contributed by atoms with Crippen molar-refractivity contribution < 1.29 is 4.79 Å². The molecule has 0 spiro atoms. The Hall–Kier alpha value is -1.42. The van der Waals surface area contributed by atoms with Gasteiger partial charge < -0.3 is 5.32 Å². The Morgan fingerprint density at radius 3 is 2.93 bits per heavy atom. The summed E-state index contributed by atoms with van der Waals surface area (Å²) in [6.45, 7) is 4.09. The molecule has 1 aromatic heterocycles. The number of nitrogens with one attached hydrogen (secondary N) is 1. The Balaban J connectivity index is 2.52. The molecular weight excluding hydrogens is 202 g/mol. The Morgan fingerprint density at radius 2 is 2.36 bits per heavy atom. The van der Waals surface area contributed by atoms with Gasteiger partial charge in [0.05, 0.1) is 12.4 Å². The molecule has 0 aromatic carbocycles. The number of nitrogens with zero attached hydrogens (tertiary/aromatic N) is 2. The second kappa shape index (κ2) is 5.34. The molecule has 1 aromatic rings. The van der Waals surface area contributed by atoms with Crippen LogP contribution in [0, 0.1) is 0 Å². The van der Waals surface area contributed by atoms with Gasteiger partial charge in [-0.25, -0.2) is 9.97 Å². The highest BCUT2D eigenvalue weighted by molar-refractivity contribution is 6.29. The first-order valence-corrected chi connectivity index (χ1v) is 4.48. The topological polar surface area (TPSA) is 54.9 Å². The number of carbonyl (C=O) groups is 1. The van der Waals surface area contributed by atoms with Crippen LogP contribution in [-0.4, -0.2) is 22.4 Å². The van der Waals surface area contributed by atoms with Crippen molar-refractivity contribution in [1.29, 1.82) is 0 Å². The minimum absolute atomic E-state index is 0.254. The molecule has 0 saturated carbocycles. The fourth-order valence-corrected chi connectivity index (χ4v) is 0.905. The van der Waals surface area contributed by atoms with Gasteiger partial charge in [0.1, 0.15) is 10.8 Å². The molecule has 5 heteroatoms. The summed E-state index contributed by atoms with van der Waals surface area (Å²) < 4.78 is 0. The number of aromatic nitrogens is 2. The molecule has 1 rings (SSSR count). The van der Waals surface area contributed by atoms with E-state index in [1.54, 1.807) is 6.08 Å². The predicted molar refractivity (Wildman–Crippen MR) is 54.2 cm³/mol. The Labute approximate surface area is 87.0 Å². The van der Waals surface area contributed by atoms with Crippen molar-refractivity contribution in [3.05, 3.63) is 35.9 Å². The fraction of sp³-hybridized carbons (Fsp3) is 0.222. The molecule has 0 aliphatic heterocycles. The average molecular weight is 212 g/mol. The molecule has 0 aliphatic rings. The van der Waals surface area contributed by atoms with Crippen molar-refractivity contribution in [1.82, 2.24) is 15.3 Å². The summed E-state index contributed by atoms with van der Waals surface area (Å²) in [4.78, 5) is 18.9. The molecule has 4 nitrogen and oxygen atoms in total. The van der Waals surface area contributed by atoms with Crippen LogP contribution < -0.4 is 5.32 Å². The molecular formula is C9H10ClN3O. The summed E-state index contributed by atoms with van der Waals surface area (Å²) in [7, 11) is 0. The van der Waals surface area contributed by atoms with Crippen LogP contribution in [0.3, 0.4) is 0 Å². The van der Waals surface area contributed by atoms with Gasteiger partial charge in [0, 0.05) is 6.54 Å². The summed E-state index contributed by atoms with van der Waals surface area (Å²) >= 11 is 5.52. The van der Waals surface area contributed by atoms with E-state index in [4.69, 9.17) is 11.6 Å². The van der Waals surface area contributed by atoms with Gasteiger partial charge in [0.15, 0.2) is 0 Å². The van der Waals surface area contributed by atoms with Gasteiger partial charge in [-0.15, -0.1) is 6.58 Å². The number of amides is 1. The van der Waals surface area contributed by atoms with Crippen molar-refractivity contribution in [2.75, 3.05) is 6.54 Å². The summed E-state index contributed by atoms with van der Waals surface area (Å²) in [5.41, 5.74) is 0.262. The van der Waals surface area contributed by atoms with Crippen LogP contribution in [-0.2, 0) is 0 Å². The normalized spacial score (nSPS) is 9.50. The zero-order valence-electron chi connectivity index (χ0n) is 7.53. The molecule has 0 bridgehead atoms. The molecule has 0 radical (unpaired) electrons. The van der Waals surface area contributed by atoms with Gasteiger partial charge in [0.25, 0.3) is 5.91 Å². The molecule has 0 fully saturated rings. The van der Waals surface area contributed by atoms with Gasteiger partial charge >= 0.3 is 0 Å². The molecule has 0 saturated heterocycles. The zero-order valence-corrected chi connectivity index (χ0v) is 8.29. The average Bonchev–Trinajstić information content (AvgIpc) is 2.19. The molecule has 74 valence electrons. The van der Waals surface area contributed by atoms with Crippen molar-refractivity contribution >= 4 is 17.5 Å². The molecule has 1 heterocycles. The van der Waals surface area contributed by atoms with E-state index in [2.05, 4.69) is 21.9 Å². The smallest absolute Gasteiger partial charge is 0.271 e. The van der Waals surface area contributed by atoms with Crippen LogP contribution in [0.15, 0.2) is 25.0 Å². The van der Waals surface area contributed by atoms with Crippen LogP contribution >= 0.6 is 11.6 Å². The Bertz CT molecular complexity index is 323. The second-order valence-electron chi connectivity index (χ2n) is 2.56. The quantitative estimate of drug-likeness (QED) is 0.606. The number of rotatable bonds is 4. The molecule has 0 aliphatic carbocycles. The third kappa shape index (κ3) is 3.14. The zero-order chi connectivity index (χ0) is 10.4. The highest BCUT2D eigenvalue weighted by Gasteiger charge is 2.05. The number of carbonyl (C=O) groups excluding carboxylic acids is 1. The summed E-state index contributed by atoms with van der Waals surface area (Å²) in [6, 6.07) is 0. The van der Waals surface area contributed by atoms with Crippen molar-refractivity contribution in [3.8, 4) is 0 Å². The van der Waals surface area contributed by atoms with Crippen molar-refractivity contribution in [2.24, 2.45) is 0 Å². The first-order chi connectivity index (χ1) is 6.74. The van der Waals surface area contributed by atoms with Crippen LogP contribution in [0.2, 0.25) is 5.15 Å². The van der Waals surface area contributed by atoms with Crippen LogP contribution in [0.5, 0.6) is 0 Å². The van der Waals surface area contributed by atoms with Crippen molar-refractivity contribution in [3.63, 3.8) is 0 Å². The molecule has 0 atom stereocenters. The first kappa shape index (κ1) is 10.7. The Kier molecular flexibility index (Phi) is 4.07. The van der Waals surface area contributed by atoms with E-state index in [1.807, 2.05) is 0 Å². The maximum Gasteiger partial charge on any atom is 0.271 e. The van der Waals surface area contributed by atoms with E-state index < -0.39 is 0 Å². The van der Waals surface area contributed by atoms with Crippen LogP contribution in [0.1, 0.15) is 16.9 Å². The predicted octanol–water partition coefficient (Wildman–Crippen LogP) is 1.44. The van der Waals surface area contributed by atoms with Gasteiger partial charge in [-0.1, -0.05) is 17.7 Å². The lowest BCUT2D eigenvalue weighted by Gasteiger charge is -2.01. The lowest BCUT2D eigenvalue weighted by molar-refractivity contribution is 0.0949. The standard InChI is InChI=1S/C9H10ClN3O/c1-2-3-4-11-9(14)7-5-13-8(10)6-12-7/h2,5-6H,1,3-4H2,(H,11,14). The van der Waals surface area contributed by atoms with Gasteiger partial charge in [-0.3, -0.25) is 4.79 Å². The lowest BCUT2D eigenvalue weighted by atomic mass is 10.4. The minimum Gasteiger partial charge on any atom is -0.350 e. The van der Waals surface area contributed by atoms with E-state index >= 15 is 0 Å². The molecule has 0 unspecified atom stereocenters. The van der Waals surface area contributed by atoms with E-state index in [1.165, 1.54) is 12.4 Å². The number of halogens is 1. The molecule has 14 heavy (non-hydrogen) atoms. The van der Waals surface area contributed by atoms with Gasteiger partial charge in [-0.2, -0.15) is 0 Å². The summed E-state index contributed by atoms with van der Waals surface area (Å²) in [5.74, 6) is -0.254. The molecule has 1 amide bonds. The third-order valence-corrected chi connectivity index (χ3v) is 1.68. The van der Waals surface area contributed by atoms with E-state index in [0.717, 1.165) is 6.42 Å². The lowest BCUT2D eigenvalue weighted by Crippen LogP contribution is -2.25. The van der Waals surface area contributed by atoms with Crippen LogP contribution in [0.25, 0.3) is 0 Å². The SMILES string of the molecule is C=CCCNC(=O)c1cnc(Cl)cn1. The Morgan fingerprint density at radius 1 is 1.57 bits per heavy atom. The third-order valence-electron chi connectivity index (χ3n) is 1.49. The largest absolute Gasteiger partial charge is 0.350 e. The highest BCUT2D eigenvalue weighted by Crippen LogP contribution is 2.00. The van der Waals surface area contributed by atoms with E-state index in [-0.39, 0.29) is 16.8 Å². The summed E-state index contributed by atoms with van der Waals surface area (Å²) in [6.07, 6.45) is 5.14. The van der Waals surface area contributed by atoms with Gasteiger partial charge in [-0.05, 0) is 6.42 Å². The monoisotopic (exact) mass is 211 g/mol. The minimum atomic E-state index is -0.254. The van der Waals surface area contributed by atoms with E-state index in [0.29, 0.717) is 6.54 Å². The van der Waals surface area contributed by atoms with Gasteiger partial charge in [0.2, 0.25) is 0 Å². The maximum absolute atomic E-state index is 11.3. The maximum atomic E-state index is 11.3. The second-order valence-corrected chi connectivity index (χ2v) is 2.94. The molecule has 1 N–H and O–H groups in total. The fourth-order valence-electron chi connectivity index (χ4n) is 0.808. The van der Waals surface area contributed by atoms with Crippen molar-refractivity contribution in [2.45, 2.75) is 6.42 Å². The van der Waals surface area contributed by atoms with E-state index in [9.17, 15) is 4.79 Å². The highest BCUT2D eigenvalue weighted by atomic mass is 35.5. The number of hydrogen-bond donors (Lipinski definition) is 1. The van der Waals surface area contributed by atoms with Crippen LogP contribution in [0.4, 0.5) is 0 Å². The summed E-state index contributed by atoms with van der Waals surface area (Å²) in [5, 5.41) is 2.93. The first-order valence-electron chi connectivity index (χ1n) is 4.10. The number of hydrogen-bond acceptors (Lipinski definition) is 3.